The third kappa shape index (κ3) is 2.78. The summed E-state index contributed by atoms with van der Waals surface area (Å²) in [5.74, 6) is 1.57. The van der Waals surface area contributed by atoms with Gasteiger partial charge in [0.25, 0.3) is 0 Å². The Kier molecular flexibility index (Phi) is 3.91. The highest BCUT2D eigenvalue weighted by Gasteiger charge is 2.44. The summed E-state index contributed by atoms with van der Waals surface area (Å²) in [5, 5.41) is 3.69. The number of rotatable bonds is 5. The molecule has 0 aromatic carbocycles. The lowest BCUT2D eigenvalue weighted by Gasteiger charge is -2.30. The van der Waals surface area contributed by atoms with Gasteiger partial charge in [-0.2, -0.15) is 0 Å². The zero-order valence-corrected chi connectivity index (χ0v) is 11.0. The van der Waals surface area contributed by atoms with E-state index in [0.717, 1.165) is 18.4 Å². The van der Waals surface area contributed by atoms with Gasteiger partial charge in [0, 0.05) is 12.6 Å². The Hall–Kier alpha value is -0.0800. The fourth-order valence-electron chi connectivity index (χ4n) is 3.12. The van der Waals surface area contributed by atoms with Crippen molar-refractivity contribution in [1.29, 1.82) is 0 Å². The first-order valence-corrected chi connectivity index (χ1v) is 7.10. The van der Waals surface area contributed by atoms with Crippen LogP contribution < -0.4 is 11.1 Å². The average Bonchev–Trinajstić information content (AvgIpc) is 3.02. The number of hydrogen-bond donors (Lipinski definition) is 2. The number of nitrogens with one attached hydrogen (secondary N) is 1. The molecule has 3 N–H and O–H groups in total. The molecular formula is C14H28N2. The molecule has 2 atom stereocenters. The third-order valence-electron chi connectivity index (χ3n) is 4.97. The molecule has 2 unspecified atom stereocenters. The van der Waals surface area contributed by atoms with Crippen molar-refractivity contribution in [1.82, 2.24) is 5.32 Å². The van der Waals surface area contributed by atoms with Crippen molar-refractivity contribution < 1.29 is 0 Å². The average molecular weight is 224 g/mol. The summed E-state index contributed by atoms with van der Waals surface area (Å²) < 4.78 is 0. The van der Waals surface area contributed by atoms with Gasteiger partial charge in [-0.15, -0.1) is 0 Å². The third-order valence-corrected chi connectivity index (χ3v) is 4.97. The van der Waals surface area contributed by atoms with Crippen molar-refractivity contribution in [2.24, 2.45) is 23.0 Å². The van der Waals surface area contributed by atoms with Crippen molar-refractivity contribution >= 4 is 0 Å². The first-order valence-electron chi connectivity index (χ1n) is 7.10. The fraction of sp³-hybridized carbons (Fsp3) is 1.00. The maximum absolute atomic E-state index is 6.16. The molecule has 0 radical (unpaired) electrons. The molecule has 0 saturated heterocycles. The highest BCUT2D eigenvalue weighted by molar-refractivity contribution is 4.97. The largest absolute Gasteiger partial charge is 0.327 e. The topological polar surface area (TPSA) is 38.0 Å². The van der Waals surface area contributed by atoms with E-state index in [0.29, 0.717) is 11.5 Å². The summed E-state index contributed by atoms with van der Waals surface area (Å²) >= 11 is 0. The maximum atomic E-state index is 6.16. The van der Waals surface area contributed by atoms with Crippen LogP contribution in [0.15, 0.2) is 0 Å². The van der Waals surface area contributed by atoms with Crippen LogP contribution >= 0.6 is 0 Å². The van der Waals surface area contributed by atoms with Gasteiger partial charge in [-0.1, -0.05) is 26.7 Å². The van der Waals surface area contributed by atoms with E-state index >= 15 is 0 Å². The van der Waals surface area contributed by atoms with Gasteiger partial charge in [-0.25, -0.2) is 0 Å². The van der Waals surface area contributed by atoms with E-state index in [1.807, 2.05) is 0 Å². The zero-order valence-electron chi connectivity index (χ0n) is 11.0. The van der Waals surface area contributed by atoms with Crippen molar-refractivity contribution in [2.45, 2.75) is 58.4 Å². The van der Waals surface area contributed by atoms with E-state index in [-0.39, 0.29) is 0 Å². The van der Waals surface area contributed by atoms with Crippen LogP contribution in [-0.4, -0.2) is 19.1 Å². The SMILES string of the molecule is CC(C)C1(CNCC2CCCCC2N)CC1. The second-order valence-corrected chi connectivity index (χ2v) is 6.36. The minimum absolute atomic E-state index is 0.454. The van der Waals surface area contributed by atoms with Crippen LogP contribution in [0.5, 0.6) is 0 Å². The van der Waals surface area contributed by atoms with Gasteiger partial charge >= 0.3 is 0 Å². The monoisotopic (exact) mass is 224 g/mol. The van der Waals surface area contributed by atoms with Gasteiger partial charge < -0.3 is 11.1 Å². The number of nitrogens with two attached hydrogens (primary N) is 1. The Morgan fingerprint density at radius 3 is 2.50 bits per heavy atom. The fourth-order valence-corrected chi connectivity index (χ4v) is 3.12. The Morgan fingerprint density at radius 1 is 1.25 bits per heavy atom. The molecule has 0 aliphatic heterocycles. The lowest BCUT2D eigenvalue weighted by atomic mass is 9.84. The van der Waals surface area contributed by atoms with Crippen LogP contribution in [0.2, 0.25) is 0 Å². The first-order chi connectivity index (χ1) is 7.64. The Balaban J connectivity index is 1.67. The molecule has 0 spiro atoms. The predicted octanol–water partition coefficient (Wildman–Crippen LogP) is 2.53. The molecule has 0 aromatic heterocycles. The van der Waals surface area contributed by atoms with Crippen molar-refractivity contribution in [2.75, 3.05) is 13.1 Å². The molecule has 2 aliphatic rings. The molecular weight excluding hydrogens is 196 g/mol. The van der Waals surface area contributed by atoms with Gasteiger partial charge in [0.1, 0.15) is 0 Å². The van der Waals surface area contributed by atoms with Gasteiger partial charge in [0.05, 0.1) is 0 Å². The Morgan fingerprint density at radius 2 is 1.94 bits per heavy atom. The van der Waals surface area contributed by atoms with Gasteiger partial charge in [0.15, 0.2) is 0 Å². The van der Waals surface area contributed by atoms with Crippen molar-refractivity contribution in [3.8, 4) is 0 Å². The molecule has 2 aliphatic carbocycles. The molecule has 2 saturated carbocycles. The highest BCUT2D eigenvalue weighted by Crippen LogP contribution is 2.51. The molecule has 2 rings (SSSR count). The summed E-state index contributed by atoms with van der Waals surface area (Å²) in [7, 11) is 0. The highest BCUT2D eigenvalue weighted by atomic mass is 14.9. The minimum Gasteiger partial charge on any atom is -0.327 e. The standard InChI is InChI=1S/C14H28N2/c1-11(2)14(7-8-14)10-16-9-12-5-3-4-6-13(12)15/h11-13,16H,3-10,15H2,1-2H3. The molecule has 16 heavy (non-hydrogen) atoms. The van der Waals surface area contributed by atoms with E-state index in [1.54, 1.807) is 0 Å². The van der Waals surface area contributed by atoms with Crippen molar-refractivity contribution in [3.63, 3.8) is 0 Å². The molecule has 2 heteroatoms. The van der Waals surface area contributed by atoms with Crippen LogP contribution in [-0.2, 0) is 0 Å². The summed E-state index contributed by atoms with van der Waals surface area (Å²) in [5.41, 5.74) is 6.80. The van der Waals surface area contributed by atoms with Crippen LogP contribution in [0.1, 0.15) is 52.4 Å². The molecule has 2 nitrogen and oxygen atoms in total. The van der Waals surface area contributed by atoms with Gasteiger partial charge in [-0.3, -0.25) is 0 Å². The van der Waals surface area contributed by atoms with Crippen molar-refractivity contribution in [3.05, 3.63) is 0 Å². The summed E-state index contributed by atoms with van der Waals surface area (Å²) in [6, 6.07) is 0.454. The smallest absolute Gasteiger partial charge is 0.00792 e. The molecule has 0 bridgehead atoms. The molecule has 94 valence electrons. The normalized spacial score (nSPS) is 33.0. The molecule has 2 fully saturated rings. The van der Waals surface area contributed by atoms with Crippen LogP contribution in [0.4, 0.5) is 0 Å². The van der Waals surface area contributed by atoms with E-state index < -0.39 is 0 Å². The second kappa shape index (κ2) is 5.05. The lowest BCUT2D eigenvalue weighted by Crippen LogP contribution is -2.41. The van der Waals surface area contributed by atoms with E-state index in [2.05, 4.69) is 19.2 Å². The predicted molar refractivity (Wildman–Crippen MR) is 69.3 cm³/mol. The Labute approximate surface area is 100 Å². The lowest BCUT2D eigenvalue weighted by molar-refractivity contribution is 0.273. The summed E-state index contributed by atoms with van der Waals surface area (Å²) in [6.07, 6.45) is 8.15. The van der Waals surface area contributed by atoms with Crippen LogP contribution in [0, 0.1) is 17.3 Å². The van der Waals surface area contributed by atoms with Gasteiger partial charge in [-0.05, 0) is 49.5 Å². The Bertz CT molecular complexity index is 221. The van der Waals surface area contributed by atoms with E-state index in [1.165, 1.54) is 45.1 Å². The van der Waals surface area contributed by atoms with Gasteiger partial charge in [0.2, 0.25) is 0 Å². The quantitative estimate of drug-likeness (QED) is 0.753. The van der Waals surface area contributed by atoms with Crippen LogP contribution in [0.3, 0.4) is 0 Å². The van der Waals surface area contributed by atoms with Crippen LogP contribution in [0.25, 0.3) is 0 Å². The molecule has 0 amide bonds. The minimum atomic E-state index is 0.454. The zero-order chi connectivity index (χ0) is 11.6. The molecule has 0 aromatic rings. The first kappa shape index (κ1) is 12.4. The number of hydrogen-bond acceptors (Lipinski definition) is 2. The summed E-state index contributed by atoms with van der Waals surface area (Å²) in [6.45, 7) is 7.09. The summed E-state index contributed by atoms with van der Waals surface area (Å²) in [4.78, 5) is 0. The van der Waals surface area contributed by atoms with E-state index in [4.69, 9.17) is 5.73 Å². The van der Waals surface area contributed by atoms with E-state index in [9.17, 15) is 0 Å². The second-order valence-electron chi connectivity index (χ2n) is 6.36. The maximum Gasteiger partial charge on any atom is 0.00792 e. The molecule has 0 heterocycles.